The number of nitrogens with one attached hydrogen (secondary N) is 1. The highest BCUT2D eigenvalue weighted by Gasteiger charge is 1.82. The van der Waals surface area contributed by atoms with E-state index in [1.807, 2.05) is 13.0 Å². The average molecular weight is 126 g/mol. The summed E-state index contributed by atoms with van der Waals surface area (Å²) in [5.41, 5.74) is 7.13. The second-order valence-electron chi connectivity index (χ2n) is 2.36. The van der Waals surface area contributed by atoms with Crippen LogP contribution in [0, 0.1) is 0 Å². The summed E-state index contributed by atoms with van der Waals surface area (Å²) in [6.07, 6.45) is 7.68. The number of allylic oxidation sites excluding steroid dienone is 1. The van der Waals surface area contributed by atoms with Gasteiger partial charge in [0.25, 0.3) is 0 Å². The van der Waals surface area contributed by atoms with Crippen LogP contribution in [-0.4, -0.2) is 6.04 Å². The maximum Gasteiger partial charge on any atom is 0.0364 e. The lowest BCUT2D eigenvalue weighted by Gasteiger charge is -1.91. The van der Waals surface area contributed by atoms with E-state index in [9.17, 15) is 0 Å². The topological polar surface area (TPSA) is 23.8 Å². The molecule has 1 radical (unpaired) electrons. The van der Waals surface area contributed by atoms with Gasteiger partial charge in [-0.25, -0.2) is 0 Å². The van der Waals surface area contributed by atoms with E-state index in [0.29, 0.717) is 0 Å². The Morgan fingerprint density at radius 1 is 1.56 bits per heavy atom. The van der Waals surface area contributed by atoms with Crippen molar-refractivity contribution in [3.63, 3.8) is 0 Å². The summed E-state index contributed by atoms with van der Waals surface area (Å²) >= 11 is 0. The Bertz CT molecular complexity index is 74.6. The molecule has 0 spiro atoms. The second-order valence-corrected chi connectivity index (χ2v) is 2.36. The van der Waals surface area contributed by atoms with Crippen molar-refractivity contribution in [1.29, 1.82) is 0 Å². The first-order valence-electron chi connectivity index (χ1n) is 3.65. The zero-order valence-electron chi connectivity index (χ0n) is 6.35. The summed E-state index contributed by atoms with van der Waals surface area (Å²) in [6, 6.07) is -0.0261. The van der Waals surface area contributed by atoms with Gasteiger partial charge in [0.05, 0.1) is 0 Å². The molecule has 1 atom stereocenters. The SMILES string of the molecule is CCCC/C=C/C(C)[NH]. The minimum atomic E-state index is -0.0261. The molecule has 0 aliphatic carbocycles. The van der Waals surface area contributed by atoms with E-state index in [1.54, 1.807) is 0 Å². The third-order valence-corrected chi connectivity index (χ3v) is 1.15. The lowest BCUT2D eigenvalue weighted by molar-refractivity contribution is 0.804. The van der Waals surface area contributed by atoms with Crippen molar-refractivity contribution < 1.29 is 0 Å². The summed E-state index contributed by atoms with van der Waals surface area (Å²) in [5.74, 6) is 0. The quantitative estimate of drug-likeness (QED) is 0.408. The Kier molecular flexibility index (Phi) is 5.64. The first-order chi connectivity index (χ1) is 4.27. The minimum Gasteiger partial charge on any atom is -0.251 e. The third kappa shape index (κ3) is 7.70. The number of rotatable bonds is 4. The molecule has 53 valence electrons. The Labute approximate surface area is 57.9 Å². The number of hydrogen-bond donors (Lipinski definition) is 0. The Morgan fingerprint density at radius 3 is 2.67 bits per heavy atom. The fraction of sp³-hybridized carbons (Fsp3) is 0.750. The van der Waals surface area contributed by atoms with E-state index in [4.69, 9.17) is 5.73 Å². The first-order valence-corrected chi connectivity index (χ1v) is 3.65. The molecule has 0 aromatic carbocycles. The van der Waals surface area contributed by atoms with Crippen LogP contribution in [0.2, 0.25) is 0 Å². The molecular formula is C8H16N. The number of unbranched alkanes of at least 4 members (excludes halogenated alkanes) is 2. The van der Waals surface area contributed by atoms with E-state index in [-0.39, 0.29) is 6.04 Å². The summed E-state index contributed by atoms with van der Waals surface area (Å²) in [6.45, 7) is 4.06. The van der Waals surface area contributed by atoms with Crippen molar-refractivity contribution in [3.05, 3.63) is 12.2 Å². The summed E-state index contributed by atoms with van der Waals surface area (Å²) in [7, 11) is 0. The molecule has 1 unspecified atom stereocenters. The van der Waals surface area contributed by atoms with E-state index >= 15 is 0 Å². The number of hydrogen-bond acceptors (Lipinski definition) is 0. The molecule has 0 bridgehead atoms. The van der Waals surface area contributed by atoms with Gasteiger partial charge in [0.1, 0.15) is 0 Å². The molecule has 0 aromatic heterocycles. The lowest BCUT2D eigenvalue weighted by atomic mass is 10.2. The fourth-order valence-corrected chi connectivity index (χ4v) is 0.622. The Balaban J connectivity index is 3.04. The maximum absolute atomic E-state index is 7.13. The van der Waals surface area contributed by atoms with Gasteiger partial charge in [0, 0.05) is 6.04 Å². The van der Waals surface area contributed by atoms with Crippen LogP contribution in [-0.2, 0) is 0 Å². The zero-order valence-corrected chi connectivity index (χ0v) is 6.35. The van der Waals surface area contributed by atoms with Gasteiger partial charge in [0.2, 0.25) is 0 Å². The molecule has 0 amide bonds. The first kappa shape index (κ1) is 8.70. The monoisotopic (exact) mass is 126 g/mol. The summed E-state index contributed by atoms with van der Waals surface area (Å²) < 4.78 is 0. The molecule has 0 heterocycles. The molecule has 0 saturated heterocycles. The van der Waals surface area contributed by atoms with Crippen molar-refractivity contribution in [2.24, 2.45) is 0 Å². The van der Waals surface area contributed by atoms with Gasteiger partial charge in [-0.15, -0.1) is 0 Å². The van der Waals surface area contributed by atoms with Gasteiger partial charge < -0.3 is 0 Å². The predicted octanol–water partition coefficient (Wildman–Crippen LogP) is 2.40. The maximum atomic E-state index is 7.13. The molecule has 0 aliphatic rings. The van der Waals surface area contributed by atoms with E-state index in [1.165, 1.54) is 12.8 Å². The van der Waals surface area contributed by atoms with Crippen LogP contribution >= 0.6 is 0 Å². The van der Waals surface area contributed by atoms with Gasteiger partial charge in [-0.05, 0) is 13.3 Å². The summed E-state index contributed by atoms with van der Waals surface area (Å²) in [4.78, 5) is 0. The molecule has 1 nitrogen and oxygen atoms in total. The van der Waals surface area contributed by atoms with Gasteiger partial charge in [-0.3, -0.25) is 5.73 Å². The second kappa shape index (κ2) is 5.83. The average Bonchev–Trinajstić information content (AvgIpc) is 1.80. The zero-order chi connectivity index (χ0) is 7.11. The smallest absolute Gasteiger partial charge is 0.0364 e. The highest BCUT2D eigenvalue weighted by molar-refractivity contribution is 4.87. The van der Waals surface area contributed by atoms with Crippen molar-refractivity contribution in [3.8, 4) is 0 Å². The molecule has 0 aliphatic heterocycles. The van der Waals surface area contributed by atoms with Crippen LogP contribution in [0.15, 0.2) is 12.2 Å². The van der Waals surface area contributed by atoms with Crippen LogP contribution < -0.4 is 5.73 Å². The van der Waals surface area contributed by atoms with Crippen molar-refractivity contribution in [2.45, 2.75) is 39.2 Å². The molecule has 0 saturated carbocycles. The van der Waals surface area contributed by atoms with Crippen molar-refractivity contribution >= 4 is 0 Å². The Morgan fingerprint density at radius 2 is 2.22 bits per heavy atom. The van der Waals surface area contributed by atoms with E-state index in [0.717, 1.165) is 6.42 Å². The minimum absolute atomic E-state index is 0.0261. The highest BCUT2D eigenvalue weighted by Crippen LogP contribution is 1.95. The normalized spacial score (nSPS) is 14.6. The van der Waals surface area contributed by atoms with Crippen LogP contribution in [0.5, 0.6) is 0 Å². The third-order valence-electron chi connectivity index (χ3n) is 1.15. The van der Waals surface area contributed by atoms with Gasteiger partial charge in [-0.1, -0.05) is 31.9 Å². The van der Waals surface area contributed by atoms with Crippen molar-refractivity contribution in [1.82, 2.24) is 5.73 Å². The molecular weight excluding hydrogens is 110 g/mol. The van der Waals surface area contributed by atoms with Crippen LogP contribution in [0.3, 0.4) is 0 Å². The highest BCUT2D eigenvalue weighted by atomic mass is 14.6. The lowest BCUT2D eigenvalue weighted by Crippen LogP contribution is -1.94. The van der Waals surface area contributed by atoms with E-state index < -0.39 is 0 Å². The fourth-order valence-electron chi connectivity index (χ4n) is 0.622. The Hall–Kier alpha value is -0.300. The molecule has 0 fully saturated rings. The van der Waals surface area contributed by atoms with Gasteiger partial charge in [-0.2, -0.15) is 0 Å². The van der Waals surface area contributed by atoms with Crippen LogP contribution in [0.25, 0.3) is 0 Å². The van der Waals surface area contributed by atoms with Gasteiger partial charge >= 0.3 is 0 Å². The molecule has 1 N–H and O–H groups in total. The molecule has 0 aromatic rings. The van der Waals surface area contributed by atoms with Crippen molar-refractivity contribution in [2.75, 3.05) is 0 Å². The predicted molar refractivity (Wildman–Crippen MR) is 41.2 cm³/mol. The van der Waals surface area contributed by atoms with E-state index in [2.05, 4.69) is 13.0 Å². The summed E-state index contributed by atoms with van der Waals surface area (Å²) in [5, 5.41) is 0. The molecule has 0 rings (SSSR count). The van der Waals surface area contributed by atoms with Gasteiger partial charge in [0.15, 0.2) is 0 Å². The van der Waals surface area contributed by atoms with Crippen LogP contribution in [0.1, 0.15) is 33.1 Å². The molecule has 1 heteroatoms. The standard InChI is InChI=1S/C8H16N/c1-3-4-5-6-7-8(2)9/h6-9H,3-5H2,1-2H3/b7-6+. The molecule has 9 heavy (non-hydrogen) atoms. The largest absolute Gasteiger partial charge is 0.251 e. The van der Waals surface area contributed by atoms with Crippen LogP contribution in [0.4, 0.5) is 0 Å².